The predicted octanol–water partition coefficient (Wildman–Crippen LogP) is 1.06. The standard InChI is InChI=1S/C12H14F2N2O3/c13-10-8(12(17)18)1-2-9(11(10)14)16-6-7-5-15-3-4-19-7/h1-2,7,15-16H,3-6H2,(H,17,18). The molecule has 0 saturated carbocycles. The largest absolute Gasteiger partial charge is 0.478 e. The van der Waals surface area contributed by atoms with Crippen LogP contribution in [0.25, 0.3) is 0 Å². The molecular weight excluding hydrogens is 258 g/mol. The molecule has 0 amide bonds. The Balaban J connectivity index is 2.04. The van der Waals surface area contributed by atoms with Crippen LogP contribution >= 0.6 is 0 Å². The quantitative estimate of drug-likeness (QED) is 0.764. The van der Waals surface area contributed by atoms with E-state index in [1.165, 1.54) is 6.07 Å². The minimum Gasteiger partial charge on any atom is -0.478 e. The van der Waals surface area contributed by atoms with Crippen LogP contribution in [-0.4, -0.2) is 43.4 Å². The number of rotatable bonds is 4. The van der Waals surface area contributed by atoms with Gasteiger partial charge in [-0.05, 0) is 12.1 Å². The molecule has 1 saturated heterocycles. The van der Waals surface area contributed by atoms with Crippen molar-refractivity contribution in [1.29, 1.82) is 0 Å². The number of carboxylic acid groups (broad SMARTS) is 1. The Labute approximate surface area is 108 Å². The van der Waals surface area contributed by atoms with Crippen molar-refractivity contribution in [3.05, 3.63) is 29.3 Å². The first-order chi connectivity index (χ1) is 9.09. The fourth-order valence-corrected chi connectivity index (χ4v) is 1.83. The van der Waals surface area contributed by atoms with Crippen molar-refractivity contribution in [2.45, 2.75) is 6.10 Å². The van der Waals surface area contributed by atoms with Gasteiger partial charge >= 0.3 is 5.97 Å². The van der Waals surface area contributed by atoms with Crippen LogP contribution in [0.1, 0.15) is 10.4 Å². The van der Waals surface area contributed by atoms with E-state index in [0.29, 0.717) is 19.7 Å². The second-order valence-electron chi connectivity index (χ2n) is 4.17. The topological polar surface area (TPSA) is 70.6 Å². The summed E-state index contributed by atoms with van der Waals surface area (Å²) >= 11 is 0. The van der Waals surface area contributed by atoms with Crippen LogP contribution in [0.4, 0.5) is 14.5 Å². The highest BCUT2D eigenvalue weighted by Crippen LogP contribution is 2.20. The van der Waals surface area contributed by atoms with Crippen molar-refractivity contribution in [3.63, 3.8) is 0 Å². The van der Waals surface area contributed by atoms with E-state index in [-0.39, 0.29) is 11.8 Å². The fraction of sp³-hybridized carbons (Fsp3) is 0.417. The molecule has 1 aliphatic heterocycles. The van der Waals surface area contributed by atoms with Crippen LogP contribution in [-0.2, 0) is 4.74 Å². The summed E-state index contributed by atoms with van der Waals surface area (Å²) in [6.45, 7) is 2.29. The minimum absolute atomic E-state index is 0.0725. The van der Waals surface area contributed by atoms with Crippen molar-refractivity contribution in [3.8, 4) is 0 Å². The minimum atomic E-state index is -1.50. The molecule has 7 heteroatoms. The molecule has 1 unspecified atom stereocenters. The Morgan fingerprint density at radius 1 is 1.47 bits per heavy atom. The lowest BCUT2D eigenvalue weighted by atomic mass is 10.1. The maximum Gasteiger partial charge on any atom is 0.338 e. The monoisotopic (exact) mass is 272 g/mol. The molecule has 1 aromatic carbocycles. The van der Waals surface area contributed by atoms with Gasteiger partial charge < -0.3 is 20.5 Å². The molecule has 2 rings (SSSR count). The van der Waals surface area contributed by atoms with Crippen LogP contribution in [0.5, 0.6) is 0 Å². The molecule has 1 aromatic rings. The lowest BCUT2D eigenvalue weighted by molar-refractivity contribution is 0.0372. The smallest absolute Gasteiger partial charge is 0.338 e. The zero-order valence-electron chi connectivity index (χ0n) is 10.1. The van der Waals surface area contributed by atoms with E-state index in [4.69, 9.17) is 9.84 Å². The molecular formula is C12H14F2N2O3. The van der Waals surface area contributed by atoms with Gasteiger partial charge in [0.05, 0.1) is 24.0 Å². The van der Waals surface area contributed by atoms with E-state index in [9.17, 15) is 13.6 Å². The number of benzene rings is 1. The Morgan fingerprint density at radius 3 is 2.89 bits per heavy atom. The van der Waals surface area contributed by atoms with Gasteiger partial charge in [-0.2, -0.15) is 0 Å². The molecule has 0 radical (unpaired) electrons. The summed E-state index contributed by atoms with van der Waals surface area (Å²) in [5.74, 6) is -4.05. The summed E-state index contributed by atoms with van der Waals surface area (Å²) in [6.07, 6.45) is -0.129. The second kappa shape index (κ2) is 5.94. The highest BCUT2D eigenvalue weighted by atomic mass is 19.2. The molecule has 19 heavy (non-hydrogen) atoms. The molecule has 3 N–H and O–H groups in total. The number of halogens is 2. The molecule has 0 bridgehead atoms. The van der Waals surface area contributed by atoms with Gasteiger partial charge in [0.25, 0.3) is 0 Å². The van der Waals surface area contributed by atoms with Gasteiger partial charge in [-0.3, -0.25) is 0 Å². The van der Waals surface area contributed by atoms with Crippen molar-refractivity contribution < 1.29 is 23.4 Å². The fourth-order valence-electron chi connectivity index (χ4n) is 1.83. The van der Waals surface area contributed by atoms with E-state index in [1.807, 2.05) is 0 Å². The molecule has 1 aliphatic rings. The van der Waals surface area contributed by atoms with Gasteiger partial charge in [-0.1, -0.05) is 0 Å². The summed E-state index contributed by atoms with van der Waals surface area (Å²) in [4.78, 5) is 10.6. The van der Waals surface area contributed by atoms with E-state index < -0.39 is 23.2 Å². The van der Waals surface area contributed by atoms with Crippen LogP contribution in [0.15, 0.2) is 12.1 Å². The van der Waals surface area contributed by atoms with Gasteiger partial charge in [0.2, 0.25) is 0 Å². The van der Waals surface area contributed by atoms with E-state index >= 15 is 0 Å². The summed E-state index contributed by atoms with van der Waals surface area (Å²) in [7, 11) is 0. The van der Waals surface area contributed by atoms with E-state index in [2.05, 4.69) is 10.6 Å². The third-order valence-corrected chi connectivity index (χ3v) is 2.84. The number of hydrogen-bond donors (Lipinski definition) is 3. The van der Waals surface area contributed by atoms with Crippen LogP contribution in [0, 0.1) is 11.6 Å². The average Bonchev–Trinajstić information content (AvgIpc) is 2.41. The van der Waals surface area contributed by atoms with Gasteiger partial charge in [0.1, 0.15) is 0 Å². The van der Waals surface area contributed by atoms with Crippen molar-refractivity contribution in [2.24, 2.45) is 0 Å². The molecule has 1 atom stereocenters. The Hall–Kier alpha value is -1.73. The number of carbonyl (C=O) groups is 1. The van der Waals surface area contributed by atoms with E-state index in [1.54, 1.807) is 0 Å². The Kier molecular flexibility index (Phi) is 4.28. The third kappa shape index (κ3) is 3.18. The lowest BCUT2D eigenvalue weighted by Gasteiger charge is -2.24. The lowest BCUT2D eigenvalue weighted by Crippen LogP contribution is -2.42. The molecule has 0 aliphatic carbocycles. The molecule has 104 valence electrons. The van der Waals surface area contributed by atoms with Gasteiger partial charge in [-0.25, -0.2) is 13.6 Å². The molecule has 0 aromatic heterocycles. The SMILES string of the molecule is O=C(O)c1ccc(NCC2CNCCO2)c(F)c1F. The summed E-state index contributed by atoms with van der Waals surface area (Å²) < 4.78 is 32.5. The normalized spacial score (nSPS) is 19.2. The second-order valence-corrected chi connectivity index (χ2v) is 4.17. The van der Waals surface area contributed by atoms with Gasteiger partial charge in [-0.15, -0.1) is 0 Å². The van der Waals surface area contributed by atoms with Crippen LogP contribution < -0.4 is 10.6 Å². The van der Waals surface area contributed by atoms with Crippen molar-refractivity contribution in [2.75, 3.05) is 31.6 Å². The number of nitrogens with one attached hydrogen (secondary N) is 2. The average molecular weight is 272 g/mol. The first-order valence-electron chi connectivity index (χ1n) is 5.87. The number of morpholine rings is 1. The Bertz CT molecular complexity index is 476. The predicted molar refractivity (Wildman–Crippen MR) is 64.4 cm³/mol. The zero-order chi connectivity index (χ0) is 13.8. The molecule has 1 fully saturated rings. The van der Waals surface area contributed by atoms with Gasteiger partial charge in [0.15, 0.2) is 11.6 Å². The highest BCUT2D eigenvalue weighted by Gasteiger charge is 2.19. The number of carboxylic acids is 1. The third-order valence-electron chi connectivity index (χ3n) is 2.84. The van der Waals surface area contributed by atoms with Crippen LogP contribution in [0.2, 0.25) is 0 Å². The van der Waals surface area contributed by atoms with Crippen LogP contribution in [0.3, 0.4) is 0 Å². The number of ether oxygens (including phenoxy) is 1. The summed E-state index contributed by atoms with van der Waals surface area (Å²) in [5.41, 5.74) is -0.754. The van der Waals surface area contributed by atoms with Crippen molar-refractivity contribution >= 4 is 11.7 Å². The van der Waals surface area contributed by atoms with Crippen molar-refractivity contribution in [1.82, 2.24) is 5.32 Å². The summed E-state index contributed by atoms with van der Waals surface area (Å²) in [5, 5.41) is 14.5. The first kappa shape index (κ1) is 13.7. The molecule has 1 heterocycles. The summed E-state index contributed by atoms with van der Waals surface area (Å²) in [6, 6.07) is 2.24. The van der Waals surface area contributed by atoms with Gasteiger partial charge in [0, 0.05) is 19.6 Å². The zero-order valence-corrected chi connectivity index (χ0v) is 10.1. The Morgan fingerprint density at radius 2 is 2.26 bits per heavy atom. The number of aromatic carboxylic acids is 1. The van der Waals surface area contributed by atoms with E-state index in [0.717, 1.165) is 12.6 Å². The maximum atomic E-state index is 13.6. The number of anilines is 1. The maximum absolute atomic E-state index is 13.6. The highest BCUT2D eigenvalue weighted by molar-refractivity contribution is 5.88. The number of hydrogen-bond acceptors (Lipinski definition) is 4. The molecule has 5 nitrogen and oxygen atoms in total. The molecule has 0 spiro atoms. The first-order valence-corrected chi connectivity index (χ1v) is 5.87.